The van der Waals surface area contributed by atoms with Crippen molar-refractivity contribution in [2.45, 2.75) is 46.1 Å². The second-order valence-corrected chi connectivity index (χ2v) is 4.85. The summed E-state index contributed by atoms with van der Waals surface area (Å²) in [5.74, 6) is 0. The van der Waals surface area contributed by atoms with Crippen LogP contribution in [0.2, 0.25) is 0 Å². The second kappa shape index (κ2) is 9.42. The first kappa shape index (κ1) is 15.5. The van der Waals surface area contributed by atoms with Crippen molar-refractivity contribution in [3.8, 4) is 0 Å². The first-order valence-electron chi connectivity index (χ1n) is 7.34. The summed E-state index contributed by atoms with van der Waals surface area (Å²) < 4.78 is 0. The van der Waals surface area contributed by atoms with E-state index in [1.165, 1.54) is 5.56 Å². The lowest BCUT2D eigenvalue weighted by Crippen LogP contribution is -2.40. The Bertz CT molecular complexity index is 351. The number of hydrogen-bond acceptors (Lipinski definition) is 1. The van der Waals surface area contributed by atoms with Gasteiger partial charge in [-0.05, 0) is 18.4 Å². The third kappa shape index (κ3) is 6.27. The van der Waals surface area contributed by atoms with Crippen LogP contribution in [0, 0.1) is 0 Å². The highest BCUT2D eigenvalue weighted by molar-refractivity contribution is 5.74. The molecule has 1 aromatic carbocycles. The van der Waals surface area contributed by atoms with Crippen molar-refractivity contribution in [2.24, 2.45) is 0 Å². The molecule has 0 heterocycles. The number of amides is 2. The van der Waals surface area contributed by atoms with E-state index in [-0.39, 0.29) is 6.03 Å². The number of hydrogen-bond donors (Lipinski definition) is 1. The molecule has 0 radical (unpaired) electrons. The SMILES string of the molecule is CCCCNC(=O)N(CCCC)Cc1ccccc1. The van der Waals surface area contributed by atoms with Gasteiger partial charge in [0, 0.05) is 19.6 Å². The molecule has 0 unspecified atom stereocenters. The lowest BCUT2D eigenvalue weighted by molar-refractivity contribution is 0.194. The van der Waals surface area contributed by atoms with Gasteiger partial charge in [0.05, 0.1) is 0 Å². The van der Waals surface area contributed by atoms with Crippen molar-refractivity contribution in [3.05, 3.63) is 35.9 Å². The van der Waals surface area contributed by atoms with Gasteiger partial charge in [0.2, 0.25) is 0 Å². The normalized spacial score (nSPS) is 10.2. The maximum Gasteiger partial charge on any atom is 0.317 e. The van der Waals surface area contributed by atoms with Crippen molar-refractivity contribution in [3.63, 3.8) is 0 Å². The van der Waals surface area contributed by atoms with Crippen LogP contribution in [-0.2, 0) is 6.54 Å². The molecule has 0 aliphatic heterocycles. The maximum absolute atomic E-state index is 12.1. The van der Waals surface area contributed by atoms with Crippen LogP contribution in [0.4, 0.5) is 4.79 Å². The van der Waals surface area contributed by atoms with Gasteiger partial charge in [-0.3, -0.25) is 0 Å². The van der Waals surface area contributed by atoms with Gasteiger partial charge in [-0.2, -0.15) is 0 Å². The predicted octanol–water partition coefficient (Wildman–Crippen LogP) is 3.80. The molecule has 0 saturated carbocycles. The van der Waals surface area contributed by atoms with Crippen LogP contribution in [0.25, 0.3) is 0 Å². The monoisotopic (exact) mass is 262 g/mol. The zero-order chi connectivity index (χ0) is 13.9. The summed E-state index contributed by atoms with van der Waals surface area (Å²) in [6, 6.07) is 10.2. The van der Waals surface area contributed by atoms with Crippen LogP contribution < -0.4 is 5.32 Å². The zero-order valence-corrected chi connectivity index (χ0v) is 12.2. The van der Waals surface area contributed by atoms with Crippen molar-refractivity contribution in [2.75, 3.05) is 13.1 Å². The zero-order valence-electron chi connectivity index (χ0n) is 12.2. The largest absolute Gasteiger partial charge is 0.338 e. The Morgan fingerprint density at radius 2 is 1.79 bits per heavy atom. The lowest BCUT2D eigenvalue weighted by Gasteiger charge is -2.23. The van der Waals surface area contributed by atoms with Crippen LogP contribution >= 0.6 is 0 Å². The second-order valence-electron chi connectivity index (χ2n) is 4.85. The van der Waals surface area contributed by atoms with Gasteiger partial charge in [0.25, 0.3) is 0 Å². The molecule has 0 saturated heterocycles. The Morgan fingerprint density at radius 1 is 1.11 bits per heavy atom. The van der Waals surface area contributed by atoms with Crippen LogP contribution in [0.5, 0.6) is 0 Å². The molecular weight excluding hydrogens is 236 g/mol. The molecule has 0 fully saturated rings. The molecule has 3 nitrogen and oxygen atoms in total. The molecule has 0 aliphatic carbocycles. The van der Waals surface area contributed by atoms with E-state index in [0.29, 0.717) is 6.54 Å². The van der Waals surface area contributed by atoms with E-state index in [9.17, 15) is 4.79 Å². The molecule has 0 spiro atoms. The van der Waals surface area contributed by atoms with Crippen molar-refractivity contribution in [1.29, 1.82) is 0 Å². The predicted molar refractivity (Wildman–Crippen MR) is 80.1 cm³/mol. The Morgan fingerprint density at radius 3 is 2.42 bits per heavy atom. The smallest absolute Gasteiger partial charge is 0.317 e. The maximum atomic E-state index is 12.1. The minimum Gasteiger partial charge on any atom is -0.338 e. The van der Waals surface area contributed by atoms with E-state index in [2.05, 4.69) is 31.3 Å². The number of urea groups is 1. The molecule has 0 atom stereocenters. The highest BCUT2D eigenvalue weighted by Crippen LogP contribution is 2.06. The molecule has 2 amide bonds. The number of carbonyl (C=O) groups excluding carboxylic acids is 1. The van der Waals surface area contributed by atoms with E-state index in [1.807, 2.05) is 23.1 Å². The molecule has 1 N–H and O–H groups in total. The summed E-state index contributed by atoms with van der Waals surface area (Å²) in [5, 5.41) is 3.00. The van der Waals surface area contributed by atoms with Gasteiger partial charge in [-0.25, -0.2) is 4.79 Å². The van der Waals surface area contributed by atoms with Gasteiger partial charge in [0.1, 0.15) is 0 Å². The van der Waals surface area contributed by atoms with E-state index in [4.69, 9.17) is 0 Å². The number of nitrogens with one attached hydrogen (secondary N) is 1. The topological polar surface area (TPSA) is 32.3 Å². The van der Waals surface area contributed by atoms with Gasteiger partial charge in [-0.15, -0.1) is 0 Å². The van der Waals surface area contributed by atoms with Gasteiger partial charge in [-0.1, -0.05) is 57.0 Å². The molecule has 0 bridgehead atoms. The van der Waals surface area contributed by atoms with E-state index in [0.717, 1.165) is 38.8 Å². The van der Waals surface area contributed by atoms with E-state index < -0.39 is 0 Å². The van der Waals surface area contributed by atoms with Crippen molar-refractivity contribution < 1.29 is 4.79 Å². The minimum atomic E-state index is 0.0609. The highest BCUT2D eigenvalue weighted by Gasteiger charge is 2.12. The van der Waals surface area contributed by atoms with Crippen LogP contribution in [0.3, 0.4) is 0 Å². The first-order valence-corrected chi connectivity index (χ1v) is 7.34. The molecule has 19 heavy (non-hydrogen) atoms. The fourth-order valence-electron chi connectivity index (χ4n) is 1.89. The Labute approximate surface area is 117 Å². The number of benzene rings is 1. The highest BCUT2D eigenvalue weighted by atomic mass is 16.2. The van der Waals surface area contributed by atoms with Crippen LogP contribution in [0.1, 0.15) is 45.1 Å². The molecule has 0 aliphatic rings. The van der Waals surface area contributed by atoms with Gasteiger partial charge in [0.15, 0.2) is 0 Å². The van der Waals surface area contributed by atoms with Crippen LogP contribution in [0.15, 0.2) is 30.3 Å². The summed E-state index contributed by atoms with van der Waals surface area (Å²) in [6.45, 7) is 6.57. The third-order valence-electron chi connectivity index (χ3n) is 3.09. The molecule has 1 aromatic rings. The number of nitrogens with zero attached hydrogens (tertiary/aromatic N) is 1. The average molecular weight is 262 g/mol. The summed E-state index contributed by atoms with van der Waals surface area (Å²) in [5.41, 5.74) is 1.18. The van der Waals surface area contributed by atoms with Crippen LogP contribution in [-0.4, -0.2) is 24.0 Å². The number of rotatable bonds is 8. The van der Waals surface area contributed by atoms with Crippen molar-refractivity contribution >= 4 is 6.03 Å². The van der Waals surface area contributed by atoms with E-state index in [1.54, 1.807) is 0 Å². The quantitative estimate of drug-likeness (QED) is 0.710. The Hall–Kier alpha value is -1.51. The average Bonchev–Trinajstić information content (AvgIpc) is 2.44. The number of carbonyl (C=O) groups is 1. The van der Waals surface area contributed by atoms with Gasteiger partial charge >= 0.3 is 6.03 Å². The fourth-order valence-corrected chi connectivity index (χ4v) is 1.89. The summed E-state index contributed by atoms with van der Waals surface area (Å²) >= 11 is 0. The molecule has 0 aromatic heterocycles. The summed E-state index contributed by atoms with van der Waals surface area (Å²) in [4.78, 5) is 14.1. The summed E-state index contributed by atoms with van der Waals surface area (Å²) in [6.07, 6.45) is 4.30. The Kier molecular flexibility index (Phi) is 7.71. The van der Waals surface area contributed by atoms with Crippen molar-refractivity contribution in [1.82, 2.24) is 10.2 Å². The number of unbranched alkanes of at least 4 members (excludes halogenated alkanes) is 2. The fraction of sp³-hybridized carbons (Fsp3) is 0.562. The van der Waals surface area contributed by atoms with Gasteiger partial charge < -0.3 is 10.2 Å². The lowest BCUT2D eigenvalue weighted by atomic mass is 10.2. The minimum absolute atomic E-state index is 0.0609. The van der Waals surface area contributed by atoms with E-state index >= 15 is 0 Å². The first-order chi connectivity index (χ1) is 9.27. The molecular formula is C16H26N2O. The standard InChI is InChI=1S/C16H26N2O/c1-3-5-12-17-16(19)18(13-6-4-2)14-15-10-8-7-9-11-15/h7-11H,3-6,12-14H2,1-2H3,(H,17,19). The molecule has 1 rings (SSSR count). The Balaban J connectivity index is 2.53. The third-order valence-corrected chi connectivity index (χ3v) is 3.09. The molecule has 106 valence electrons. The summed E-state index contributed by atoms with van der Waals surface area (Å²) in [7, 11) is 0. The molecule has 3 heteroatoms.